The van der Waals surface area contributed by atoms with Crippen molar-refractivity contribution in [3.63, 3.8) is 0 Å². The highest BCUT2D eigenvalue weighted by Gasteiger charge is 2.09. The number of carbonyl (C=O) groups excluding carboxylic acids is 1. The van der Waals surface area contributed by atoms with Gasteiger partial charge in [-0.2, -0.15) is 0 Å². The van der Waals surface area contributed by atoms with Crippen LogP contribution >= 0.6 is 11.6 Å². The molecule has 2 amide bonds. The van der Waals surface area contributed by atoms with Gasteiger partial charge in [0, 0.05) is 40.8 Å². The Bertz CT molecular complexity index is 1080. The Morgan fingerprint density at radius 2 is 1.68 bits per heavy atom. The zero-order valence-corrected chi connectivity index (χ0v) is 17.5. The number of hydrogen-bond donors (Lipinski definition) is 3. The number of allylic oxidation sites excluding steroid dienone is 1. The first-order chi connectivity index (χ1) is 15.0. The van der Waals surface area contributed by atoms with Gasteiger partial charge in [0.2, 0.25) is 0 Å². The fourth-order valence-corrected chi connectivity index (χ4v) is 3.24. The molecule has 1 heterocycles. The van der Waals surface area contributed by atoms with Crippen LogP contribution in [0.15, 0.2) is 79.1 Å². The van der Waals surface area contributed by atoms with Gasteiger partial charge in [-0.05, 0) is 60.4 Å². The lowest BCUT2D eigenvalue weighted by molar-refractivity contribution is -0.137. The lowest BCUT2D eigenvalue weighted by Gasteiger charge is -2.12. The first kappa shape index (κ1) is 22.1. The van der Waals surface area contributed by atoms with E-state index in [-0.39, 0.29) is 12.5 Å². The Morgan fingerprint density at radius 1 is 0.968 bits per heavy atom. The number of halogens is 1. The van der Waals surface area contributed by atoms with Crippen LogP contribution in [0.4, 0.5) is 16.2 Å². The number of urea groups is 1. The zero-order chi connectivity index (χ0) is 22.1. The Hall–Kier alpha value is -3.64. The second kappa shape index (κ2) is 10.9. The molecule has 3 N–H and O–H groups in total. The predicted molar refractivity (Wildman–Crippen MR) is 123 cm³/mol. The average Bonchev–Trinajstić information content (AvgIpc) is 2.74. The van der Waals surface area contributed by atoms with Crippen LogP contribution in [0.3, 0.4) is 0 Å². The predicted octanol–water partition coefficient (Wildman–Crippen LogP) is 6.07. The molecule has 0 radical (unpaired) electrons. The summed E-state index contributed by atoms with van der Waals surface area (Å²) >= 11 is 5.96. The van der Waals surface area contributed by atoms with E-state index >= 15 is 0 Å². The van der Waals surface area contributed by atoms with Gasteiger partial charge in [0.1, 0.15) is 0 Å². The molecule has 3 aromatic rings. The molecule has 3 rings (SSSR count). The van der Waals surface area contributed by atoms with Crippen molar-refractivity contribution in [2.24, 2.45) is 0 Å². The Morgan fingerprint density at radius 3 is 2.35 bits per heavy atom. The third-order valence-corrected chi connectivity index (χ3v) is 4.66. The molecule has 7 heteroatoms. The van der Waals surface area contributed by atoms with Crippen molar-refractivity contribution >= 4 is 40.5 Å². The highest BCUT2D eigenvalue weighted by molar-refractivity contribution is 6.30. The highest BCUT2D eigenvalue weighted by atomic mass is 35.5. The van der Waals surface area contributed by atoms with Gasteiger partial charge in [0.15, 0.2) is 0 Å². The summed E-state index contributed by atoms with van der Waals surface area (Å²) in [5, 5.41) is 15.0. The van der Waals surface area contributed by atoms with Crippen LogP contribution in [0.2, 0.25) is 5.02 Å². The summed E-state index contributed by atoms with van der Waals surface area (Å²) in [6.07, 6.45) is 6.73. The molecule has 0 aliphatic carbocycles. The topological polar surface area (TPSA) is 91.3 Å². The summed E-state index contributed by atoms with van der Waals surface area (Å²) in [5.41, 5.74) is 3.95. The van der Waals surface area contributed by atoms with Crippen molar-refractivity contribution in [2.45, 2.75) is 19.3 Å². The van der Waals surface area contributed by atoms with E-state index < -0.39 is 5.97 Å². The Kier molecular flexibility index (Phi) is 7.79. The molecule has 1 aromatic heterocycles. The fourth-order valence-electron chi connectivity index (χ4n) is 3.05. The second-order valence-corrected chi connectivity index (χ2v) is 7.25. The van der Waals surface area contributed by atoms with Crippen molar-refractivity contribution in [1.82, 2.24) is 4.98 Å². The van der Waals surface area contributed by atoms with Crippen molar-refractivity contribution in [2.75, 3.05) is 10.6 Å². The Balaban J connectivity index is 1.77. The maximum absolute atomic E-state index is 12.4. The number of nitrogens with one attached hydrogen (secondary N) is 2. The third kappa shape index (κ3) is 6.97. The molecular weight excluding hydrogens is 414 g/mol. The van der Waals surface area contributed by atoms with E-state index in [9.17, 15) is 9.59 Å². The summed E-state index contributed by atoms with van der Waals surface area (Å²) in [7, 11) is 0. The van der Waals surface area contributed by atoms with Crippen LogP contribution in [0, 0.1) is 0 Å². The molecule has 31 heavy (non-hydrogen) atoms. The molecule has 0 saturated heterocycles. The number of benzene rings is 2. The molecule has 6 nitrogen and oxygen atoms in total. The summed E-state index contributed by atoms with van der Waals surface area (Å²) in [4.78, 5) is 27.4. The summed E-state index contributed by atoms with van der Waals surface area (Å²) in [5.74, 6) is -0.812. The summed E-state index contributed by atoms with van der Waals surface area (Å²) < 4.78 is 0. The van der Waals surface area contributed by atoms with Crippen LogP contribution in [-0.4, -0.2) is 22.1 Å². The molecule has 2 aromatic carbocycles. The molecule has 158 valence electrons. The van der Waals surface area contributed by atoms with Gasteiger partial charge in [-0.1, -0.05) is 41.9 Å². The quantitative estimate of drug-likeness (QED) is 0.375. The number of carboxylic acid groups (broad SMARTS) is 1. The number of aliphatic carboxylic acids is 1. The number of rotatable bonds is 8. The Labute approximate surface area is 185 Å². The molecule has 0 aliphatic heterocycles. The van der Waals surface area contributed by atoms with E-state index in [1.54, 1.807) is 42.7 Å². The van der Waals surface area contributed by atoms with E-state index in [1.165, 1.54) is 0 Å². The monoisotopic (exact) mass is 435 g/mol. The molecule has 0 bridgehead atoms. The number of aromatic nitrogens is 1. The number of carbonyl (C=O) groups is 2. The second-order valence-electron chi connectivity index (χ2n) is 6.82. The first-order valence-corrected chi connectivity index (χ1v) is 10.2. The molecule has 0 atom stereocenters. The van der Waals surface area contributed by atoms with Gasteiger partial charge in [0.25, 0.3) is 0 Å². The molecule has 0 aliphatic rings. The van der Waals surface area contributed by atoms with Crippen molar-refractivity contribution in [3.8, 4) is 0 Å². The smallest absolute Gasteiger partial charge is 0.323 e. The number of nitrogens with zero attached hydrogens (tertiary/aromatic N) is 1. The van der Waals surface area contributed by atoms with Crippen LogP contribution in [0.25, 0.3) is 5.57 Å². The SMILES string of the molecule is O=C(O)CCCC=C(c1cccnc1)c1cccc(NC(=O)Nc2cccc(Cl)c2)c1. The average molecular weight is 436 g/mol. The van der Waals surface area contributed by atoms with Crippen molar-refractivity contribution < 1.29 is 14.7 Å². The largest absolute Gasteiger partial charge is 0.481 e. The number of hydrogen-bond acceptors (Lipinski definition) is 3. The van der Waals surface area contributed by atoms with Crippen molar-refractivity contribution in [3.05, 3.63) is 95.3 Å². The maximum Gasteiger partial charge on any atom is 0.323 e. The van der Waals surface area contributed by atoms with E-state index in [2.05, 4.69) is 15.6 Å². The maximum atomic E-state index is 12.4. The molecule has 0 spiro atoms. The number of anilines is 2. The molecule has 0 saturated carbocycles. The summed E-state index contributed by atoms with van der Waals surface area (Å²) in [6, 6.07) is 17.8. The van der Waals surface area contributed by atoms with Gasteiger partial charge in [-0.15, -0.1) is 0 Å². The standard InChI is InChI=1S/C24H22ClN3O3/c25-19-8-4-10-21(15-19)28-24(31)27-20-9-3-6-17(14-20)22(11-1-2-12-23(29)30)18-7-5-13-26-16-18/h3-11,13-16H,1-2,12H2,(H,29,30)(H2,27,28,31). The van der Waals surface area contributed by atoms with Crippen LogP contribution in [0.5, 0.6) is 0 Å². The van der Waals surface area contributed by atoms with Gasteiger partial charge >= 0.3 is 12.0 Å². The minimum atomic E-state index is -0.812. The van der Waals surface area contributed by atoms with Gasteiger partial charge in [-0.3, -0.25) is 9.78 Å². The number of amides is 2. The summed E-state index contributed by atoms with van der Waals surface area (Å²) in [6.45, 7) is 0. The van der Waals surface area contributed by atoms with E-state index in [0.717, 1.165) is 16.7 Å². The van der Waals surface area contributed by atoms with Gasteiger partial charge in [-0.25, -0.2) is 4.79 Å². The zero-order valence-electron chi connectivity index (χ0n) is 16.7. The highest BCUT2D eigenvalue weighted by Crippen LogP contribution is 2.26. The van der Waals surface area contributed by atoms with E-state index in [0.29, 0.717) is 29.2 Å². The number of carboxylic acids is 1. The van der Waals surface area contributed by atoms with Gasteiger partial charge in [0.05, 0.1) is 0 Å². The van der Waals surface area contributed by atoms with Crippen LogP contribution < -0.4 is 10.6 Å². The van der Waals surface area contributed by atoms with Crippen LogP contribution in [-0.2, 0) is 4.79 Å². The molecule has 0 unspecified atom stereocenters. The lowest BCUT2D eigenvalue weighted by atomic mass is 9.97. The first-order valence-electron chi connectivity index (χ1n) is 9.77. The van der Waals surface area contributed by atoms with Crippen LogP contribution in [0.1, 0.15) is 30.4 Å². The number of pyridine rings is 1. The third-order valence-electron chi connectivity index (χ3n) is 4.43. The number of unbranched alkanes of at least 4 members (excludes halogenated alkanes) is 1. The lowest BCUT2D eigenvalue weighted by Crippen LogP contribution is -2.19. The minimum absolute atomic E-state index is 0.113. The molecule has 0 fully saturated rings. The van der Waals surface area contributed by atoms with E-state index in [1.807, 2.05) is 36.4 Å². The normalized spacial score (nSPS) is 11.1. The van der Waals surface area contributed by atoms with E-state index in [4.69, 9.17) is 16.7 Å². The van der Waals surface area contributed by atoms with Crippen molar-refractivity contribution in [1.29, 1.82) is 0 Å². The van der Waals surface area contributed by atoms with Gasteiger partial charge < -0.3 is 15.7 Å². The minimum Gasteiger partial charge on any atom is -0.481 e. The fraction of sp³-hybridized carbons (Fsp3) is 0.125. The molecular formula is C24H22ClN3O3.